The molecule has 1 N–H and O–H groups in total. The predicted molar refractivity (Wildman–Crippen MR) is 85.9 cm³/mol. The molecule has 0 aromatic carbocycles. The number of hydrogen-bond acceptors (Lipinski definition) is 4. The van der Waals surface area contributed by atoms with Crippen LogP contribution in [0.4, 0.5) is 5.69 Å². The van der Waals surface area contributed by atoms with E-state index >= 15 is 0 Å². The molecule has 1 aliphatic heterocycles. The van der Waals surface area contributed by atoms with Gasteiger partial charge in [-0.1, -0.05) is 13.8 Å². The van der Waals surface area contributed by atoms with Crippen molar-refractivity contribution in [3.8, 4) is 0 Å². The Kier molecular flexibility index (Phi) is 5.35. The SMILES string of the molecule is CC(=O)N1CCN(c2cncc(C(=O)NCC(C)C)c2)CC1. The first-order chi connectivity index (χ1) is 10.5. The van der Waals surface area contributed by atoms with E-state index in [4.69, 9.17) is 0 Å². The maximum atomic E-state index is 12.1. The number of aromatic nitrogens is 1. The van der Waals surface area contributed by atoms with Gasteiger partial charge in [0.1, 0.15) is 0 Å². The summed E-state index contributed by atoms with van der Waals surface area (Å²) in [4.78, 5) is 31.6. The molecule has 0 bridgehead atoms. The summed E-state index contributed by atoms with van der Waals surface area (Å²) in [6.07, 6.45) is 3.35. The average molecular weight is 304 g/mol. The normalized spacial score (nSPS) is 15.1. The lowest BCUT2D eigenvalue weighted by Crippen LogP contribution is -2.48. The molecule has 1 fully saturated rings. The third kappa shape index (κ3) is 4.19. The highest BCUT2D eigenvalue weighted by atomic mass is 16.2. The standard InChI is InChI=1S/C16H24N4O2/c1-12(2)9-18-16(22)14-8-15(11-17-10-14)20-6-4-19(5-7-20)13(3)21/h8,10-12H,4-7,9H2,1-3H3,(H,18,22). The van der Waals surface area contributed by atoms with E-state index in [-0.39, 0.29) is 11.8 Å². The van der Waals surface area contributed by atoms with E-state index in [0.29, 0.717) is 31.1 Å². The van der Waals surface area contributed by atoms with Crippen molar-refractivity contribution >= 4 is 17.5 Å². The molecule has 1 aromatic heterocycles. The molecule has 1 saturated heterocycles. The smallest absolute Gasteiger partial charge is 0.252 e. The molecule has 0 saturated carbocycles. The van der Waals surface area contributed by atoms with Gasteiger partial charge < -0.3 is 15.1 Å². The van der Waals surface area contributed by atoms with Gasteiger partial charge in [-0.3, -0.25) is 14.6 Å². The van der Waals surface area contributed by atoms with Crippen LogP contribution in [0.2, 0.25) is 0 Å². The zero-order chi connectivity index (χ0) is 16.1. The number of piperazine rings is 1. The van der Waals surface area contributed by atoms with Gasteiger partial charge in [0, 0.05) is 45.8 Å². The van der Waals surface area contributed by atoms with E-state index < -0.39 is 0 Å². The van der Waals surface area contributed by atoms with E-state index in [9.17, 15) is 9.59 Å². The first kappa shape index (κ1) is 16.3. The molecule has 120 valence electrons. The molecule has 1 aliphatic rings. The van der Waals surface area contributed by atoms with Gasteiger partial charge in [-0.25, -0.2) is 0 Å². The van der Waals surface area contributed by atoms with Gasteiger partial charge >= 0.3 is 0 Å². The number of anilines is 1. The Morgan fingerprint density at radius 3 is 2.50 bits per heavy atom. The first-order valence-corrected chi connectivity index (χ1v) is 7.71. The summed E-state index contributed by atoms with van der Waals surface area (Å²) in [7, 11) is 0. The maximum Gasteiger partial charge on any atom is 0.252 e. The van der Waals surface area contributed by atoms with Crippen molar-refractivity contribution in [1.82, 2.24) is 15.2 Å². The monoisotopic (exact) mass is 304 g/mol. The highest BCUT2D eigenvalue weighted by Crippen LogP contribution is 2.17. The summed E-state index contributed by atoms with van der Waals surface area (Å²) in [5.41, 5.74) is 1.51. The lowest BCUT2D eigenvalue weighted by atomic mass is 10.2. The summed E-state index contributed by atoms with van der Waals surface area (Å²) in [6, 6.07) is 1.87. The summed E-state index contributed by atoms with van der Waals surface area (Å²) in [5, 5.41) is 2.90. The van der Waals surface area contributed by atoms with Gasteiger partial charge in [-0.15, -0.1) is 0 Å². The second kappa shape index (κ2) is 7.24. The predicted octanol–water partition coefficient (Wildman–Crippen LogP) is 1.14. The van der Waals surface area contributed by atoms with Crippen LogP contribution in [-0.4, -0.2) is 54.4 Å². The van der Waals surface area contributed by atoms with Crippen LogP contribution in [0.25, 0.3) is 0 Å². The Morgan fingerprint density at radius 1 is 1.23 bits per heavy atom. The topological polar surface area (TPSA) is 65.5 Å². The highest BCUT2D eigenvalue weighted by molar-refractivity contribution is 5.94. The Bertz CT molecular complexity index is 537. The molecular weight excluding hydrogens is 280 g/mol. The number of nitrogens with zero attached hydrogens (tertiary/aromatic N) is 3. The van der Waals surface area contributed by atoms with E-state index in [0.717, 1.165) is 18.8 Å². The fourth-order valence-electron chi connectivity index (χ4n) is 2.40. The van der Waals surface area contributed by atoms with Crippen molar-refractivity contribution in [3.05, 3.63) is 24.0 Å². The van der Waals surface area contributed by atoms with Crippen LogP contribution < -0.4 is 10.2 Å². The number of amides is 2. The second-order valence-electron chi connectivity index (χ2n) is 6.03. The van der Waals surface area contributed by atoms with Gasteiger partial charge in [0.05, 0.1) is 17.4 Å². The largest absolute Gasteiger partial charge is 0.367 e. The quantitative estimate of drug-likeness (QED) is 0.906. The Balaban J connectivity index is 2.00. The third-order valence-corrected chi connectivity index (χ3v) is 3.75. The zero-order valence-electron chi connectivity index (χ0n) is 13.5. The Morgan fingerprint density at radius 2 is 1.91 bits per heavy atom. The number of rotatable bonds is 4. The van der Waals surface area contributed by atoms with Gasteiger partial charge in [-0.2, -0.15) is 0 Å². The van der Waals surface area contributed by atoms with Crippen LogP contribution in [0.5, 0.6) is 0 Å². The average Bonchev–Trinajstić information content (AvgIpc) is 2.52. The van der Waals surface area contributed by atoms with E-state index in [2.05, 4.69) is 29.0 Å². The third-order valence-electron chi connectivity index (χ3n) is 3.75. The fraction of sp³-hybridized carbons (Fsp3) is 0.562. The van der Waals surface area contributed by atoms with E-state index in [1.165, 1.54) is 0 Å². The molecular formula is C16H24N4O2. The van der Waals surface area contributed by atoms with Gasteiger partial charge in [0.15, 0.2) is 0 Å². The Hall–Kier alpha value is -2.11. The van der Waals surface area contributed by atoms with Crippen molar-refractivity contribution in [2.75, 3.05) is 37.6 Å². The number of pyridine rings is 1. The number of nitrogens with one attached hydrogen (secondary N) is 1. The summed E-state index contributed by atoms with van der Waals surface area (Å²) in [6.45, 7) is 9.30. The van der Waals surface area contributed by atoms with E-state index in [1.807, 2.05) is 11.0 Å². The minimum absolute atomic E-state index is 0.0922. The highest BCUT2D eigenvalue weighted by Gasteiger charge is 2.19. The lowest BCUT2D eigenvalue weighted by molar-refractivity contribution is -0.129. The van der Waals surface area contributed by atoms with E-state index in [1.54, 1.807) is 19.3 Å². The fourth-order valence-corrected chi connectivity index (χ4v) is 2.40. The molecule has 0 unspecified atom stereocenters. The van der Waals surface area contributed by atoms with Crippen molar-refractivity contribution < 1.29 is 9.59 Å². The first-order valence-electron chi connectivity index (χ1n) is 7.71. The molecule has 2 rings (SSSR count). The Labute approximate surface area is 131 Å². The van der Waals surface area contributed by atoms with Crippen molar-refractivity contribution in [2.24, 2.45) is 5.92 Å². The van der Waals surface area contributed by atoms with Crippen LogP contribution in [0.15, 0.2) is 18.5 Å². The van der Waals surface area contributed by atoms with Crippen molar-refractivity contribution in [1.29, 1.82) is 0 Å². The molecule has 0 aliphatic carbocycles. The van der Waals surface area contributed by atoms with Crippen molar-refractivity contribution in [3.63, 3.8) is 0 Å². The van der Waals surface area contributed by atoms with Crippen LogP contribution in [-0.2, 0) is 4.79 Å². The summed E-state index contributed by atoms with van der Waals surface area (Å²) in [5.74, 6) is 0.435. The van der Waals surface area contributed by atoms with Gasteiger partial charge in [-0.05, 0) is 12.0 Å². The molecule has 0 spiro atoms. The molecule has 2 amide bonds. The molecule has 2 heterocycles. The van der Waals surface area contributed by atoms with Crippen LogP contribution in [0.3, 0.4) is 0 Å². The maximum absolute atomic E-state index is 12.1. The van der Waals surface area contributed by atoms with Crippen LogP contribution >= 0.6 is 0 Å². The van der Waals surface area contributed by atoms with Gasteiger partial charge in [0.25, 0.3) is 5.91 Å². The minimum Gasteiger partial charge on any atom is -0.367 e. The molecule has 0 radical (unpaired) electrons. The second-order valence-corrected chi connectivity index (χ2v) is 6.03. The minimum atomic E-state index is -0.0922. The molecule has 6 nitrogen and oxygen atoms in total. The zero-order valence-corrected chi connectivity index (χ0v) is 13.5. The number of carbonyl (C=O) groups excluding carboxylic acids is 2. The lowest BCUT2D eigenvalue weighted by Gasteiger charge is -2.35. The molecule has 0 atom stereocenters. The molecule has 1 aromatic rings. The summed E-state index contributed by atoms with van der Waals surface area (Å²) >= 11 is 0. The number of carbonyl (C=O) groups is 2. The number of hydrogen-bond donors (Lipinski definition) is 1. The van der Waals surface area contributed by atoms with Crippen molar-refractivity contribution in [2.45, 2.75) is 20.8 Å². The summed E-state index contributed by atoms with van der Waals surface area (Å²) < 4.78 is 0. The van der Waals surface area contributed by atoms with Gasteiger partial charge in [0.2, 0.25) is 5.91 Å². The molecule has 6 heteroatoms. The van der Waals surface area contributed by atoms with Crippen LogP contribution in [0.1, 0.15) is 31.1 Å². The van der Waals surface area contributed by atoms with Crippen LogP contribution in [0, 0.1) is 5.92 Å². The molecule has 22 heavy (non-hydrogen) atoms.